The lowest BCUT2D eigenvalue weighted by Gasteiger charge is -2.35. The highest BCUT2D eigenvalue weighted by Gasteiger charge is 2.46. The number of benzene rings is 3. The fourth-order valence-electron chi connectivity index (χ4n) is 5.95. The maximum Gasteiger partial charge on any atom is 0.193 e. The summed E-state index contributed by atoms with van der Waals surface area (Å²) in [4.78, 5) is 26.4. The van der Waals surface area contributed by atoms with Gasteiger partial charge in [-0.2, -0.15) is 0 Å². The van der Waals surface area contributed by atoms with Crippen molar-refractivity contribution in [3.05, 3.63) is 121 Å². The molecule has 0 aliphatic heterocycles. The molecule has 0 spiro atoms. The summed E-state index contributed by atoms with van der Waals surface area (Å²) in [6, 6.07) is 18.0. The fraction of sp³-hybridized carbons (Fsp3) is 0.297. The lowest BCUT2D eigenvalue weighted by atomic mass is 9.87. The van der Waals surface area contributed by atoms with Crippen LogP contribution in [0.1, 0.15) is 46.2 Å². The van der Waals surface area contributed by atoms with Crippen LogP contribution in [0.25, 0.3) is 11.0 Å². The first-order valence-corrected chi connectivity index (χ1v) is 15.6. The molecule has 6 rings (SSSR count). The van der Waals surface area contributed by atoms with Crippen LogP contribution < -0.4 is 29.8 Å². The molecule has 12 nitrogen and oxygen atoms in total. The van der Waals surface area contributed by atoms with Crippen LogP contribution in [0.2, 0.25) is 0 Å². The van der Waals surface area contributed by atoms with E-state index in [0.717, 1.165) is 11.1 Å². The summed E-state index contributed by atoms with van der Waals surface area (Å²) in [5.41, 5.74) is 0.798. The van der Waals surface area contributed by atoms with Crippen LogP contribution in [0, 0.1) is 0 Å². The first-order valence-electron chi connectivity index (χ1n) is 15.6. The molecule has 1 aliphatic carbocycles. The Morgan fingerprint density at radius 3 is 1.98 bits per heavy atom. The van der Waals surface area contributed by atoms with Gasteiger partial charge in [-0.25, -0.2) is 0 Å². The lowest BCUT2D eigenvalue weighted by Crippen LogP contribution is -2.46. The number of hydrogen-bond acceptors (Lipinski definition) is 12. The number of aliphatic hydroxyl groups excluding tert-OH is 3. The van der Waals surface area contributed by atoms with Gasteiger partial charge in [0.05, 0.1) is 32.3 Å². The third-order valence-corrected chi connectivity index (χ3v) is 8.64. The van der Waals surface area contributed by atoms with E-state index in [1.54, 1.807) is 25.3 Å². The second kappa shape index (κ2) is 14.0. The molecule has 0 radical (unpaired) electrons. The minimum Gasteiger partial charge on any atom is -0.504 e. The highest BCUT2D eigenvalue weighted by atomic mass is 16.5. The molecule has 5 aromatic rings. The molecular formula is C37H36O12. The molecule has 3 aromatic carbocycles. The minimum atomic E-state index is -1.76. The van der Waals surface area contributed by atoms with Crippen LogP contribution in [-0.2, 0) is 25.7 Å². The van der Waals surface area contributed by atoms with Gasteiger partial charge in [0.15, 0.2) is 45.7 Å². The van der Waals surface area contributed by atoms with E-state index in [1.807, 2.05) is 24.3 Å². The van der Waals surface area contributed by atoms with Crippen molar-refractivity contribution in [1.82, 2.24) is 0 Å². The molecule has 0 saturated carbocycles. The molecule has 12 heteroatoms. The van der Waals surface area contributed by atoms with Crippen LogP contribution in [0.3, 0.4) is 0 Å². The smallest absolute Gasteiger partial charge is 0.193 e. The van der Waals surface area contributed by atoms with E-state index in [0.29, 0.717) is 42.9 Å². The first-order chi connectivity index (χ1) is 23.6. The highest BCUT2D eigenvalue weighted by Crippen LogP contribution is 2.42. The van der Waals surface area contributed by atoms with Crippen molar-refractivity contribution in [3.8, 4) is 28.7 Å². The Morgan fingerprint density at radius 2 is 1.31 bits per heavy atom. The zero-order valence-electron chi connectivity index (χ0n) is 27.0. The van der Waals surface area contributed by atoms with Gasteiger partial charge in [0.25, 0.3) is 0 Å². The van der Waals surface area contributed by atoms with E-state index in [9.17, 15) is 30.0 Å². The van der Waals surface area contributed by atoms with E-state index in [-0.39, 0.29) is 50.7 Å². The number of ether oxygens (including phenoxy) is 4. The van der Waals surface area contributed by atoms with Gasteiger partial charge in [-0.3, -0.25) is 9.59 Å². The molecule has 0 bridgehead atoms. The standard InChI is InChI=1S/C37H36O12/c1-44-21-9-4-19(5-10-21)6-11-23-16-27(40)32-33(41)34(42)35(43)37(36(32)48-23)49-31-18-29-24(17-30(31)46-3)25(38)15-22(47-29)12-7-20-8-13-28(45-2)26(39)14-20/h4-5,8-10,13-18,33-35,37,39,41-43H,6-7,11-12H2,1-3H3/t33-,34-,35-,37+/m1/s1. The molecule has 0 saturated heterocycles. The average molecular weight is 673 g/mol. The molecule has 4 N–H and O–H groups in total. The lowest BCUT2D eigenvalue weighted by molar-refractivity contribution is -0.121. The van der Waals surface area contributed by atoms with Crippen molar-refractivity contribution in [1.29, 1.82) is 0 Å². The molecule has 0 amide bonds. The average Bonchev–Trinajstić information content (AvgIpc) is 3.10. The number of rotatable bonds is 11. The van der Waals surface area contributed by atoms with Crippen LogP contribution in [0.5, 0.6) is 28.7 Å². The summed E-state index contributed by atoms with van der Waals surface area (Å²) >= 11 is 0. The number of aryl methyl sites for hydroxylation is 4. The van der Waals surface area contributed by atoms with E-state index in [4.69, 9.17) is 27.8 Å². The predicted molar refractivity (Wildman–Crippen MR) is 177 cm³/mol. The number of hydrogen-bond donors (Lipinski definition) is 4. The number of aromatic hydroxyl groups is 1. The zero-order valence-corrected chi connectivity index (χ0v) is 27.0. The number of phenolic OH excluding ortho intramolecular Hbond substituents is 1. The molecule has 1 aliphatic rings. The number of fused-ring (bicyclic) bond motifs is 2. The summed E-state index contributed by atoms with van der Waals surface area (Å²) in [5.74, 6) is 1.72. The van der Waals surface area contributed by atoms with Gasteiger partial charge in [0, 0.05) is 31.0 Å². The van der Waals surface area contributed by atoms with Crippen LogP contribution in [0.4, 0.5) is 0 Å². The summed E-state index contributed by atoms with van der Waals surface area (Å²) in [6.07, 6.45) is -5.00. The van der Waals surface area contributed by atoms with Crippen LogP contribution in [-0.4, -0.2) is 54.0 Å². The summed E-state index contributed by atoms with van der Waals surface area (Å²) < 4.78 is 34.2. The molecule has 0 unspecified atom stereocenters. The van der Waals surface area contributed by atoms with Crippen molar-refractivity contribution < 1.29 is 48.2 Å². The Labute approximate surface area is 280 Å². The molecule has 256 valence electrons. The van der Waals surface area contributed by atoms with Gasteiger partial charge in [0.1, 0.15) is 41.2 Å². The molecule has 2 heterocycles. The van der Waals surface area contributed by atoms with E-state index in [2.05, 4.69) is 0 Å². The molecule has 49 heavy (non-hydrogen) atoms. The van der Waals surface area contributed by atoms with E-state index in [1.165, 1.54) is 38.5 Å². The normalized spacial score (nSPS) is 18.6. The quantitative estimate of drug-likeness (QED) is 0.159. The van der Waals surface area contributed by atoms with Gasteiger partial charge in [0.2, 0.25) is 0 Å². The molecule has 0 fully saturated rings. The van der Waals surface area contributed by atoms with Gasteiger partial charge in [-0.1, -0.05) is 18.2 Å². The highest BCUT2D eigenvalue weighted by molar-refractivity contribution is 5.81. The summed E-state index contributed by atoms with van der Waals surface area (Å²) in [7, 11) is 4.41. The zero-order chi connectivity index (χ0) is 34.8. The Hall–Kier alpha value is -5.30. The number of aliphatic hydroxyl groups is 3. The van der Waals surface area contributed by atoms with Crippen LogP contribution in [0.15, 0.2) is 85.2 Å². The maximum atomic E-state index is 13.2. The Balaban J connectivity index is 1.31. The van der Waals surface area contributed by atoms with Crippen molar-refractivity contribution in [2.45, 2.75) is 50.1 Å². The van der Waals surface area contributed by atoms with Gasteiger partial charge < -0.3 is 48.2 Å². The van der Waals surface area contributed by atoms with E-state index >= 15 is 0 Å². The van der Waals surface area contributed by atoms with Crippen molar-refractivity contribution in [2.24, 2.45) is 0 Å². The summed E-state index contributed by atoms with van der Waals surface area (Å²) in [6.45, 7) is 0. The first kappa shape index (κ1) is 33.6. The molecule has 2 aromatic heterocycles. The SMILES string of the molecule is COc1ccc(CCc2cc(=O)c3c(o2)[C@@H](Oc2cc4oc(CCc5ccc(OC)c(O)c5)cc(=O)c4cc2OC)[C@H](O)[C@H](O)[C@@H]3O)cc1. The Kier molecular flexibility index (Phi) is 9.63. The third kappa shape index (κ3) is 6.84. The van der Waals surface area contributed by atoms with Crippen molar-refractivity contribution in [3.63, 3.8) is 0 Å². The van der Waals surface area contributed by atoms with Crippen molar-refractivity contribution >= 4 is 11.0 Å². The summed E-state index contributed by atoms with van der Waals surface area (Å²) in [5, 5.41) is 42.9. The van der Waals surface area contributed by atoms with Gasteiger partial charge >= 0.3 is 0 Å². The monoisotopic (exact) mass is 672 g/mol. The minimum absolute atomic E-state index is 0.00171. The Morgan fingerprint density at radius 1 is 0.653 bits per heavy atom. The molecule has 4 atom stereocenters. The third-order valence-electron chi connectivity index (χ3n) is 8.64. The van der Waals surface area contributed by atoms with Crippen molar-refractivity contribution in [2.75, 3.05) is 21.3 Å². The Bertz CT molecular complexity index is 2080. The predicted octanol–water partition coefficient (Wildman–Crippen LogP) is 3.94. The van der Waals surface area contributed by atoms with E-state index < -0.39 is 29.8 Å². The number of methoxy groups -OCH3 is 3. The second-order valence-corrected chi connectivity index (χ2v) is 11.7. The fourth-order valence-corrected chi connectivity index (χ4v) is 5.95. The van der Waals surface area contributed by atoms with Crippen LogP contribution >= 0.6 is 0 Å². The largest absolute Gasteiger partial charge is 0.504 e. The molecular weight excluding hydrogens is 636 g/mol. The van der Waals surface area contributed by atoms with Gasteiger partial charge in [-0.05, 0) is 54.3 Å². The second-order valence-electron chi connectivity index (χ2n) is 11.7. The topological polar surface area (TPSA) is 178 Å². The maximum absolute atomic E-state index is 13.2. The van der Waals surface area contributed by atoms with Gasteiger partial charge in [-0.15, -0.1) is 0 Å². The number of phenols is 1.